The van der Waals surface area contributed by atoms with Crippen LogP contribution in [0.5, 0.6) is 0 Å². The molecule has 0 aromatic carbocycles. The van der Waals surface area contributed by atoms with Gasteiger partial charge in [-0.05, 0) is 0 Å². The topological polar surface area (TPSA) is 0 Å². The average Bonchev–Trinajstić information content (AvgIpc) is 1.57. The molecular weight excluding hydrogens is 220 g/mol. The summed E-state index contributed by atoms with van der Waals surface area (Å²) in [6.07, 6.45) is -10.1. The van der Waals surface area contributed by atoms with Crippen molar-refractivity contribution in [3.63, 3.8) is 0 Å². The number of rotatable bonds is 0. The van der Waals surface area contributed by atoms with Gasteiger partial charge >= 0.3 is 63.7 Å². The van der Waals surface area contributed by atoms with E-state index in [2.05, 4.69) is 0 Å². The van der Waals surface area contributed by atoms with Gasteiger partial charge in [-0.1, -0.05) is 0 Å². The van der Waals surface area contributed by atoms with E-state index in [1.807, 2.05) is 0 Å². The summed E-state index contributed by atoms with van der Waals surface area (Å²) >= 11 is 0. The zero-order chi connectivity index (χ0) is 8.41. The van der Waals surface area contributed by atoms with Crippen LogP contribution in [0.2, 0.25) is 0 Å². The summed E-state index contributed by atoms with van der Waals surface area (Å²) in [6.45, 7) is 0. The Balaban J connectivity index is -0.000000405. The minimum Gasteiger partial charge on any atom is -1.00 e. The summed E-state index contributed by atoms with van der Waals surface area (Å²) in [6, 6.07) is 0. The summed E-state index contributed by atoms with van der Waals surface area (Å²) < 4.78 is 65.5. The summed E-state index contributed by atoms with van der Waals surface area (Å²) in [5, 5.41) is 0. The van der Waals surface area contributed by atoms with Crippen LogP contribution < -0.4 is 56.1 Å². The molecule has 0 aliphatic carbocycles. The Hall–Kier alpha value is 0.706. The summed E-state index contributed by atoms with van der Waals surface area (Å²) in [7, 11) is 0. The van der Waals surface area contributed by atoms with Crippen molar-refractivity contribution < 1.29 is 82.4 Å². The molecule has 0 saturated heterocycles. The van der Waals surface area contributed by atoms with E-state index in [9.17, 15) is 26.3 Å². The molecule has 0 amide bonds. The smallest absolute Gasteiger partial charge is 1.00 e. The zero-order valence-electron chi connectivity index (χ0n) is 5.65. The van der Waals surface area contributed by atoms with Gasteiger partial charge in [0.25, 0.3) is 0 Å². The number of hydrogen-bond donors (Lipinski definition) is 0. The third kappa shape index (κ3) is 17.0. The molecule has 0 aliphatic rings. The molecule has 0 aliphatic heterocycles. The minimum atomic E-state index is -5.07. The maximum atomic E-state index is 10.9. The molecule has 0 saturated carbocycles. The van der Waals surface area contributed by atoms with E-state index < -0.39 is 12.4 Å². The number of alkyl halides is 6. The molecule has 0 aromatic rings. The number of hydrogen-bond acceptors (Lipinski definition) is 0. The third-order valence-corrected chi connectivity index (χ3v) is 0.346. The Morgan fingerprint density at radius 1 is 0.667 bits per heavy atom. The summed E-state index contributed by atoms with van der Waals surface area (Å²) in [5.41, 5.74) is 0. The first-order valence-corrected chi connectivity index (χ1v) is 1.88. The molecule has 0 nitrogen and oxygen atoms in total. The molecule has 0 N–H and O–H groups in total. The van der Waals surface area contributed by atoms with E-state index in [4.69, 9.17) is 0 Å². The molecular formula is C4F7K. The van der Waals surface area contributed by atoms with Gasteiger partial charge in [-0.25, -0.2) is 0 Å². The molecule has 0 fully saturated rings. The van der Waals surface area contributed by atoms with Crippen molar-refractivity contribution in [2.24, 2.45) is 0 Å². The molecule has 0 atom stereocenters. The molecule has 12 heavy (non-hydrogen) atoms. The Morgan fingerprint density at radius 3 is 0.917 bits per heavy atom. The zero-order valence-corrected chi connectivity index (χ0v) is 8.77. The van der Waals surface area contributed by atoms with Gasteiger partial charge in [0.05, 0.1) is 0 Å². The Labute approximate surface area is 105 Å². The molecule has 0 spiro atoms. The summed E-state index contributed by atoms with van der Waals surface area (Å²) in [5.74, 6) is 0.174. The maximum Gasteiger partial charge on any atom is 1.00 e. The van der Waals surface area contributed by atoms with E-state index in [0.717, 1.165) is 0 Å². The van der Waals surface area contributed by atoms with Crippen LogP contribution in [0.4, 0.5) is 26.3 Å². The van der Waals surface area contributed by atoms with Crippen molar-refractivity contribution in [2.45, 2.75) is 12.4 Å². The predicted molar refractivity (Wildman–Crippen MR) is 19.9 cm³/mol. The Morgan fingerprint density at radius 2 is 0.833 bits per heavy atom. The fraction of sp³-hybridized carbons (Fsp3) is 0.500. The molecule has 8 heteroatoms. The van der Waals surface area contributed by atoms with E-state index in [0.29, 0.717) is 0 Å². The monoisotopic (exact) mass is 220 g/mol. The molecule has 0 heterocycles. The van der Waals surface area contributed by atoms with Crippen LogP contribution in [0.15, 0.2) is 0 Å². The Kier molecular flexibility index (Phi) is 9.56. The molecule has 66 valence electrons. The minimum absolute atomic E-state index is 0. The maximum absolute atomic E-state index is 10.9. The van der Waals surface area contributed by atoms with Gasteiger partial charge in [0.2, 0.25) is 0 Å². The van der Waals surface area contributed by atoms with Gasteiger partial charge in [0.15, 0.2) is 0 Å². The predicted octanol–water partition coefficient (Wildman–Crippen LogP) is -3.88. The van der Waals surface area contributed by atoms with Crippen molar-refractivity contribution in [3.8, 4) is 11.8 Å². The fourth-order valence-corrected chi connectivity index (χ4v) is 0.142. The van der Waals surface area contributed by atoms with Gasteiger partial charge in [-0.3, -0.25) is 0 Å². The molecule has 0 unspecified atom stereocenters. The van der Waals surface area contributed by atoms with Crippen LogP contribution >= 0.6 is 0 Å². The van der Waals surface area contributed by atoms with Crippen LogP contribution in [0.1, 0.15) is 0 Å². The molecule has 0 bridgehead atoms. The van der Waals surface area contributed by atoms with Gasteiger partial charge in [0.1, 0.15) is 0 Å². The normalized spacial score (nSPS) is 10.2. The van der Waals surface area contributed by atoms with Gasteiger partial charge in [0, 0.05) is 11.8 Å². The fourth-order valence-electron chi connectivity index (χ4n) is 0.142. The van der Waals surface area contributed by atoms with E-state index in [1.165, 1.54) is 0 Å². The van der Waals surface area contributed by atoms with Gasteiger partial charge in [-0.15, -0.1) is 0 Å². The largest absolute Gasteiger partial charge is 1.00 e. The molecule has 0 radical (unpaired) electrons. The number of halogens is 7. The van der Waals surface area contributed by atoms with Crippen molar-refractivity contribution in [2.75, 3.05) is 0 Å². The van der Waals surface area contributed by atoms with E-state index >= 15 is 0 Å². The van der Waals surface area contributed by atoms with Gasteiger partial charge < -0.3 is 4.70 Å². The van der Waals surface area contributed by atoms with Crippen molar-refractivity contribution in [1.29, 1.82) is 0 Å². The van der Waals surface area contributed by atoms with Crippen molar-refractivity contribution >= 4 is 0 Å². The van der Waals surface area contributed by atoms with Gasteiger partial charge in [-0.2, -0.15) is 26.3 Å². The average molecular weight is 220 g/mol. The van der Waals surface area contributed by atoms with Crippen LogP contribution in [-0.4, -0.2) is 12.4 Å². The molecule has 0 aromatic heterocycles. The second-order valence-electron chi connectivity index (χ2n) is 1.25. The first-order valence-electron chi connectivity index (χ1n) is 1.88. The van der Waals surface area contributed by atoms with Crippen LogP contribution in [0.3, 0.4) is 0 Å². The second kappa shape index (κ2) is 6.20. The van der Waals surface area contributed by atoms with Crippen LogP contribution in [-0.2, 0) is 0 Å². The standard InChI is InChI=1S/C4F6.FH.K/c5-3(6,7)1-2-4(8,9)10;;/h;1H;/q;;+1/p-1. The quantitative estimate of drug-likeness (QED) is 0.222. The second-order valence-corrected chi connectivity index (χ2v) is 1.25. The first kappa shape index (κ1) is 18.5. The van der Waals surface area contributed by atoms with E-state index in [1.54, 1.807) is 0 Å². The molecule has 0 rings (SSSR count). The summed E-state index contributed by atoms with van der Waals surface area (Å²) in [4.78, 5) is 0. The van der Waals surface area contributed by atoms with Crippen LogP contribution in [0, 0.1) is 11.8 Å². The van der Waals surface area contributed by atoms with Crippen molar-refractivity contribution in [1.82, 2.24) is 0 Å². The van der Waals surface area contributed by atoms with Crippen LogP contribution in [0.25, 0.3) is 0 Å². The Bertz CT molecular complexity index is 149. The SMILES string of the molecule is FC(F)(F)C#CC(F)(F)F.[F-].[K+]. The van der Waals surface area contributed by atoms with E-state index in [-0.39, 0.29) is 67.9 Å². The third-order valence-electron chi connectivity index (χ3n) is 0.346. The first-order chi connectivity index (χ1) is 4.21. The van der Waals surface area contributed by atoms with Crippen molar-refractivity contribution in [3.05, 3.63) is 0 Å².